The van der Waals surface area contributed by atoms with Crippen molar-refractivity contribution in [3.63, 3.8) is 0 Å². The number of allylic oxidation sites excluding steroid dienone is 2. The van der Waals surface area contributed by atoms with Crippen LogP contribution in [0.15, 0.2) is 63.3 Å². The molecule has 2 aromatic rings. The van der Waals surface area contributed by atoms with Crippen molar-refractivity contribution in [3.8, 4) is 0 Å². The minimum atomic E-state index is 0.194. The van der Waals surface area contributed by atoms with E-state index in [9.17, 15) is 0 Å². The third-order valence-electron chi connectivity index (χ3n) is 4.38. The molecule has 0 spiro atoms. The third kappa shape index (κ3) is 6.90. The van der Waals surface area contributed by atoms with Gasteiger partial charge in [-0.3, -0.25) is 4.99 Å². The molecule has 2 heterocycles. The van der Waals surface area contributed by atoms with Gasteiger partial charge in [-0.2, -0.15) is 0 Å². The van der Waals surface area contributed by atoms with Crippen LogP contribution in [-0.2, 0) is 13.1 Å². The van der Waals surface area contributed by atoms with Gasteiger partial charge in [0.25, 0.3) is 0 Å². The summed E-state index contributed by atoms with van der Waals surface area (Å²) >= 11 is 0.194. The maximum atomic E-state index is 4.85. The molecule has 1 aromatic heterocycles. The Hall–Kier alpha value is -1.78. The number of benzene rings is 1. The number of hydrogen-bond acceptors (Lipinski definition) is 4. The fourth-order valence-corrected chi connectivity index (χ4v) is 3.12. The number of halogens is 2. The number of rotatable bonds is 4. The molecular weight excluding hydrogens is 447 g/mol. The van der Waals surface area contributed by atoms with E-state index in [-0.39, 0.29) is 13.1 Å². The van der Waals surface area contributed by atoms with Crippen LogP contribution in [0.5, 0.6) is 0 Å². The summed E-state index contributed by atoms with van der Waals surface area (Å²) in [6.45, 7) is 10.3. The van der Waals surface area contributed by atoms with Crippen molar-refractivity contribution in [1.29, 1.82) is 0 Å². The summed E-state index contributed by atoms with van der Waals surface area (Å²) in [7, 11) is 9.53. The quantitative estimate of drug-likeness (QED) is 0.350. The molecule has 29 heavy (non-hydrogen) atoms. The molecule has 0 atom stereocenters. The Morgan fingerprint density at radius 3 is 2.24 bits per heavy atom. The van der Waals surface area contributed by atoms with Gasteiger partial charge in [0, 0.05) is 12.6 Å². The van der Waals surface area contributed by atoms with Crippen LogP contribution in [0.25, 0.3) is 0 Å². The maximum absolute atomic E-state index is 4.85. The molecule has 1 aliphatic heterocycles. The molecule has 0 saturated heterocycles. The van der Waals surface area contributed by atoms with Gasteiger partial charge in [0.05, 0.1) is 28.5 Å². The van der Waals surface area contributed by atoms with Crippen molar-refractivity contribution in [3.05, 3.63) is 65.0 Å². The Bertz CT molecular complexity index is 957. The Morgan fingerprint density at radius 2 is 1.66 bits per heavy atom. The van der Waals surface area contributed by atoms with E-state index < -0.39 is 0 Å². The second-order valence-electron chi connectivity index (χ2n) is 6.73. The van der Waals surface area contributed by atoms with Crippen molar-refractivity contribution in [1.82, 2.24) is 4.98 Å². The predicted molar refractivity (Wildman–Crippen MR) is 122 cm³/mol. The van der Waals surface area contributed by atoms with Crippen LogP contribution in [0.4, 0.5) is 11.5 Å². The first-order chi connectivity index (χ1) is 13.8. The molecule has 3 rings (SSSR count). The van der Waals surface area contributed by atoms with E-state index in [1.165, 1.54) is 16.7 Å². The fourth-order valence-electron chi connectivity index (χ4n) is 3.12. The molecule has 0 aliphatic carbocycles. The average molecular weight is 471 g/mol. The molecular formula is C22H24Cl2FeN4. The molecule has 4 nitrogen and oxygen atoms in total. The normalized spacial score (nSPS) is 14.3. The zero-order valence-corrected chi connectivity index (χ0v) is 19.8. The monoisotopic (exact) mass is 470 g/mol. The minimum absolute atomic E-state index is 0.194. The molecule has 0 fully saturated rings. The first-order valence-corrected chi connectivity index (χ1v) is 12.1. The van der Waals surface area contributed by atoms with Crippen LogP contribution < -0.4 is 0 Å². The number of aliphatic imine (C=N–C) groups is 3. The Balaban J connectivity index is 0.000000941. The number of pyridine rings is 1. The molecule has 0 bridgehead atoms. The van der Waals surface area contributed by atoms with Gasteiger partial charge in [-0.15, -0.1) is 0 Å². The SMILES string of the molecule is CC(=Nc1c(C)cc(C)cc1C)C1=CCC(/C(C)=N/c2ccccn2)=N1.[Cl][Fe][Cl]. The van der Waals surface area contributed by atoms with Crippen LogP contribution in [0.1, 0.15) is 37.0 Å². The van der Waals surface area contributed by atoms with Gasteiger partial charge in [0.15, 0.2) is 5.82 Å². The van der Waals surface area contributed by atoms with Crippen LogP contribution in [0, 0.1) is 20.8 Å². The van der Waals surface area contributed by atoms with Crippen molar-refractivity contribution in [2.75, 3.05) is 0 Å². The standard InChI is InChI=1S/C22H24N4.2ClH.Fe/c1-14-12-15(2)22(16(3)13-14)25-18(5)20-10-9-19(26-20)17(4)24-21-8-6-7-11-23-21;;;/h6-8,10-13H,9H2,1-5H3;2*1H;/q;;;+2/p-2/b24-17+,25-18?;;;. The van der Waals surface area contributed by atoms with E-state index in [1.807, 2.05) is 32.0 Å². The van der Waals surface area contributed by atoms with Crippen molar-refractivity contribution < 1.29 is 13.1 Å². The van der Waals surface area contributed by atoms with Gasteiger partial charge in [-0.25, -0.2) is 15.0 Å². The second-order valence-corrected chi connectivity index (χ2v) is 8.56. The van der Waals surface area contributed by atoms with E-state index in [4.69, 9.17) is 30.2 Å². The molecule has 0 N–H and O–H groups in total. The van der Waals surface area contributed by atoms with Crippen LogP contribution >= 0.6 is 20.2 Å². The first kappa shape index (κ1) is 23.5. The van der Waals surface area contributed by atoms with Gasteiger partial charge in [0.1, 0.15) is 0 Å². The van der Waals surface area contributed by atoms with Gasteiger partial charge in [0.2, 0.25) is 0 Å². The van der Waals surface area contributed by atoms with Crippen LogP contribution in [0.2, 0.25) is 0 Å². The Morgan fingerprint density at radius 1 is 1.00 bits per heavy atom. The molecule has 1 aromatic carbocycles. The van der Waals surface area contributed by atoms with Crippen molar-refractivity contribution in [2.45, 2.75) is 41.0 Å². The Labute approximate surface area is 187 Å². The molecule has 0 radical (unpaired) electrons. The zero-order valence-electron chi connectivity index (χ0n) is 17.1. The number of aryl methyl sites for hydroxylation is 3. The fraction of sp³-hybridized carbons (Fsp3) is 0.273. The van der Waals surface area contributed by atoms with Gasteiger partial charge in [-0.1, -0.05) is 29.8 Å². The van der Waals surface area contributed by atoms with E-state index in [2.05, 4.69) is 49.0 Å². The third-order valence-corrected chi connectivity index (χ3v) is 4.38. The van der Waals surface area contributed by atoms with Crippen LogP contribution in [0.3, 0.4) is 0 Å². The van der Waals surface area contributed by atoms with Crippen LogP contribution in [-0.4, -0.2) is 22.1 Å². The first-order valence-electron chi connectivity index (χ1n) is 9.08. The molecule has 0 saturated carbocycles. The molecule has 7 heteroatoms. The predicted octanol–water partition coefficient (Wildman–Crippen LogP) is 7.00. The average Bonchev–Trinajstić information content (AvgIpc) is 3.16. The van der Waals surface area contributed by atoms with Crippen molar-refractivity contribution in [2.24, 2.45) is 15.0 Å². The molecule has 154 valence electrons. The summed E-state index contributed by atoms with van der Waals surface area (Å²) in [4.78, 5) is 18.4. The Kier molecular flexibility index (Phi) is 9.25. The summed E-state index contributed by atoms with van der Waals surface area (Å²) < 4.78 is 0. The van der Waals surface area contributed by atoms with E-state index in [1.54, 1.807) is 6.20 Å². The molecule has 0 amide bonds. The van der Waals surface area contributed by atoms with Crippen molar-refractivity contribution >= 4 is 48.8 Å². The van der Waals surface area contributed by atoms with Gasteiger partial charge >= 0.3 is 33.3 Å². The summed E-state index contributed by atoms with van der Waals surface area (Å²) in [5.74, 6) is 0.706. The van der Waals surface area contributed by atoms with Gasteiger partial charge < -0.3 is 0 Å². The second kappa shape index (κ2) is 11.4. The number of nitrogens with zero attached hydrogens (tertiary/aromatic N) is 4. The van der Waals surface area contributed by atoms with E-state index >= 15 is 0 Å². The number of aromatic nitrogens is 1. The van der Waals surface area contributed by atoms with E-state index in [0.29, 0.717) is 5.82 Å². The summed E-state index contributed by atoms with van der Waals surface area (Å²) in [6.07, 6.45) is 4.63. The molecule has 0 unspecified atom stereocenters. The number of hydrogen-bond donors (Lipinski definition) is 0. The summed E-state index contributed by atoms with van der Waals surface area (Å²) in [6, 6.07) is 10.0. The van der Waals surface area contributed by atoms with Gasteiger partial charge in [-0.05, 0) is 57.9 Å². The topological polar surface area (TPSA) is 50.0 Å². The van der Waals surface area contributed by atoms with E-state index in [0.717, 1.165) is 34.9 Å². The zero-order chi connectivity index (χ0) is 21.4. The summed E-state index contributed by atoms with van der Waals surface area (Å²) in [5, 5.41) is 0. The molecule has 1 aliphatic rings. The summed E-state index contributed by atoms with van der Waals surface area (Å²) in [5.41, 5.74) is 8.41.